The molecule has 0 radical (unpaired) electrons. The number of nitrogens with zero attached hydrogens (tertiary/aromatic N) is 2. The van der Waals surface area contributed by atoms with E-state index in [1.165, 1.54) is 0 Å². The molecule has 0 saturated heterocycles. The van der Waals surface area contributed by atoms with E-state index < -0.39 is 5.91 Å². The summed E-state index contributed by atoms with van der Waals surface area (Å²) in [4.78, 5) is 39.4. The number of benzene rings is 1. The predicted octanol–water partition coefficient (Wildman–Crippen LogP) is 0.671. The summed E-state index contributed by atoms with van der Waals surface area (Å²) in [7, 11) is 0. The Morgan fingerprint density at radius 3 is 2.70 bits per heavy atom. The fourth-order valence-electron chi connectivity index (χ4n) is 2.05. The molecule has 0 atom stereocenters. The first kappa shape index (κ1) is 17.0. The molecule has 0 aliphatic carbocycles. The fourth-order valence-corrected chi connectivity index (χ4v) is 3.01. The largest absolute Gasteiger partial charge is 0.368 e. The lowest BCUT2D eigenvalue weighted by atomic mass is 10.2. The third-order valence-corrected chi connectivity index (χ3v) is 4.04. The van der Waals surface area contributed by atoms with Gasteiger partial charge in [-0.25, -0.2) is 4.98 Å². The molecule has 23 heavy (non-hydrogen) atoms. The van der Waals surface area contributed by atoms with Gasteiger partial charge in [-0.2, -0.15) is 0 Å². The molecule has 122 valence electrons. The first-order valence-corrected chi connectivity index (χ1v) is 8.07. The van der Waals surface area contributed by atoms with Crippen molar-refractivity contribution in [2.24, 2.45) is 5.73 Å². The van der Waals surface area contributed by atoms with Crippen LogP contribution in [-0.4, -0.2) is 33.7 Å². The second kappa shape index (κ2) is 7.28. The van der Waals surface area contributed by atoms with Crippen molar-refractivity contribution < 1.29 is 9.59 Å². The first-order valence-electron chi connectivity index (χ1n) is 7.09. The van der Waals surface area contributed by atoms with E-state index in [0.717, 1.165) is 11.8 Å². The maximum atomic E-state index is 12.6. The van der Waals surface area contributed by atoms with Crippen LogP contribution in [0.4, 0.5) is 0 Å². The SMILES string of the molecule is CC(C)n1c(SCC(=O)NCC(N)=O)nc2ccccc2c1=O. The van der Waals surface area contributed by atoms with Gasteiger partial charge in [-0.15, -0.1) is 0 Å². The van der Waals surface area contributed by atoms with Crippen LogP contribution in [0, 0.1) is 0 Å². The first-order chi connectivity index (χ1) is 10.9. The van der Waals surface area contributed by atoms with E-state index >= 15 is 0 Å². The molecule has 0 unspecified atom stereocenters. The van der Waals surface area contributed by atoms with Crippen molar-refractivity contribution in [1.29, 1.82) is 0 Å². The lowest BCUT2D eigenvalue weighted by molar-refractivity contribution is -0.123. The minimum atomic E-state index is -0.605. The zero-order valence-corrected chi connectivity index (χ0v) is 13.7. The Kier molecular flexibility index (Phi) is 5.38. The van der Waals surface area contributed by atoms with E-state index in [9.17, 15) is 14.4 Å². The maximum Gasteiger partial charge on any atom is 0.262 e. The van der Waals surface area contributed by atoms with Crippen LogP contribution < -0.4 is 16.6 Å². The molecule has 2 rings (SSSR count). The van der Waals surface area contributed by atoms with Crippen LogP contribution >= 0.6 is 11.8 Å². The second-order valence-corrected chi connectivity index (χ2v) is 6.15. The molecule has 8 heteroatoms. The number of amides is 2. The molecule has 0 bridgehead atoms. The van der Waals surface area contributed by atoms with E-state index in [1.54, 1.807) is 22.8 Å². The minimum Gasteiger partial charge on any atom is -0.368 e. The molecule has 0 spiro atoms. The number of aromatic nitrogens is 2. The summed E-state index contributed by atoms with van der Waals surface area (Å²) >= 11 is 1.15. The topological polar surface area (TPSA) is 107 Å². The third kappa shape index (κ3) is 4.10. The molecule has 1 aromatic heterocycles. The van der Waals surface area contributed by atoms with Gasteiger partial charge < -0.3 is 11.1 Å². The maximum absolute atomic E-state index is 12.6. The number of para-hydroxylation sites is 1. The molecule has 2 aromatic rings. The smallest absolute Gasteiger partial charge is 0.262 e. The van der Waals surface area contributed by atoms with E-state index in [4.69, 9.17) is 5.73 Å². The molecule has 2 amide bonds. The Labute approximate surface area is 137 Å². The number of nitrogens with one attached hydrogen (secondary N) is 1. The van der Waals surface area contributed by atoms with Gasteiger partial charge in [0.1, 0.15) is 0 Å². The number of hydrogen-bond donors (Lipinski definition) is 2. The van der Waals surface area contributed by atoms with Crippen LogP contribution in [0.15, 0.2) is 34.2 Å². The van der Waals surface area contributed by atoms with E-state index in [1.807, 2.05) is 19.9 Å². The second-order valence-electron chi connectivity index (χ2n) is 5.21. The van der Waals surface area contributed by atoms with Crippen LogP contribution in [0.25, 0.3) is 10.9 Å². The van der Waals surface area contributed by atoms with Crippen molar-refractivity contribution >= 4 is 34.5 Å². The minimum absolute atomic E-state index is 0.0464. The van der Waals surface area contributed by atoms with Crippen molar-refractivity contribution in [3.05, 3.63) is 34.6 Å². The summed E-state index contributed by atoms with van der Waals surface area (Å²) in [6, 6.07) is 7.01. The Balaban J connectivity index is 2.29. The zero-order valence-electron chi connectivity index (χ0n) is 12.9. The van der Waals surface area contributed by atoms with Crippen molar-refractivity contribution in [3.63, 3.8) is 0 Å². The van der Waals surface area contributed by atoms with Crippen molar-refractivity contribution in [1.82, 2.24) is 14.9 Å². The lowest BCUT2D eigenvalue weighted by Crippen LogP contribution is -2.34. The summed E-state index contributed by atoms with van der Waals surface area (Å²) in [5.74, 6) is -0.900. The number of primary amides is 1. The van der Waals surface area contributed by atoms with Crippen LogP contribution in [0.5, 0.6) is 0 Å². The highest BCUT2D eigenvalue weighted by atomic mass is 32.2. The number of fused-ring (bicyclic) bond motifs is 1. The average molecular weight is 334 g/mol. The molecule has 0 fully saturated rings. The summed E-state index contributed by atoms with van der Waals surface area (Å²) in [5, 5.41) is 3.42. The normalized spacial score (nSPS) is 10.9. The van der Waals surface area contributed by atoms with Crippen LogP contribution in [0.3, 0.4) is 0 Å². The predicted molar refractivity (Wildman–Crippen MR) is 89.3 cm³/mol. The van der Waals surface area contributed by atoms with Crippen molar-refractivity contribution in [3.8, 4) is 0 Å². The van der Waals surface area contributed by atoms with Gasteiger partial charge in [-0.05, 0) is 26.0 Å². The number of thioether (sulfide) groups is 1. The zero-order chi connectivity index (χ0) is 17.0. The van der Waals surface area contributed by atoms with Gasteiger partial charge in [0.15, 0.2) is 5.16 Å². The third-order valence-electron chi connectivity index (χ3n) is 3.08. The Morgan fingerprint density at radius 1 is 1.35 bits per heavy atom. The average Bonchev–Trinajstić information content (AvgIpc) is 2.50. The van der Waals surface area contributed by atoms with Crippen LogP contribution in [0.2, 0.25) is 0 Å². The van der Waals surface area contributed by atoms with Gasteiger partial charge in [0, 0.05) is 6.04 Å². The fraction of sp³-hybridized carbons (Fsp3) is 0.333. The Morgan fingerprint density at radius 2 is 2.04 bits per heavy atom. The molecule has 1 aromatic carbocycles. The van der Waals surface area contributed by atoms with Crippen LogP contribution in [0.1, 0.15) is 19.9 Å². The highest BCUT2D eigenvalue weighted by Gasteiger charge is 2.15. The van der Waals surface area contributed by atoms with Gasteiger partial charge in [-0.1, -0.05) is 23.9 Å². The quantitative estimate of drug-likeness (QED) is 0.596. The van der Waals surface area contributed by atoms with Crippen molar-refractivity contribution in [2.75, 3.05) is 12.3 Å². The summed E-state index contributed by atoms with van der Waals surface area (Å²) in [6.07, 6.45) is 0. The lowest BCUT2D eigenvalue weighted by Gasteiger charge is -2.15. The number of carbonyl (C=O) groups is 2. The Bertz CT molecular complexity index is 801. The number of nitrogens with two attached hydrogens (primary N) is 1. The monoisotopic (exact) mass is 334 g/mol. The Hall–Kier alpha value is -2.35. The molecule has 0 aliphatic rings. The summed E-state index contributed by atoms with van der Waals surface area (Å²) in [6.45, 7) is 3.56. The molecule has 0 aliphatic heterocycles. The molecule has 3 N–H and O–H groups in total. The van der Waals surface area contributed by atoms with Crippen LogP contribution in [-0.2, 0) is 9.59 Å². The van der Waals surface area contributed by atoms with Gasteiger partial charge in [0.2, 0.25) is 11.8 Å². The van der Waals surface area contributed by atoms with Gasteiger partial charge >= 0.3 is 0 Å². The van der Waals surface area contributed by atoms with Gasteiger partial charge in [-0.3, -0.25) is 19.0 Å². The van der Waals surface area contributed by atoms with Gasteiger partial charge in [0.05, 0.1) is 23.2 Å². The molecular formula is C15H18N4O3S. The molecular weight excluding hydrogens is 316 g/mol. The highest BCUT2D eigenvalue weighted by molar-refractivity contribution is 7.99. The summed E-state index contributed by atoms with van der Waals surface area (Å²) < 4.78 is 1.56. The molecule has 0 saturated carbocycles. The van der Waals surface area contributed by atoms with E-state index in [-0.39, 0.29) is 29.8 Å². The van der Waals surface area contributed by atoms with Crippen molar-refractivity contribution in [2.45, 2.75) is 25.0 Å². The standard InChI is InChI=1S/C15H18N4O3S/c1-9(2)19-14(22)10-5-3-4-6-11(10)18-15(19)23-8-13(21)17-7-12(16)20/h3-6,9H,7-8H2,1-2H3,(H2,16,20)(H,17,21). The number of carbonyl (C=O) groups excluding carboxylic acids is 2. The van der Waals surface area contributed by atoms with E-state index in [2.05, 4.69) is 10.3 Å². The van der Waals surface area contributed by atoms with Gasteiger partial charge in [0.25, 0.3) is 5.56 Å². The number of rotatable bonds is 6. The van der Waals surface area contributed by atoms with E-state index in [0.29, 0.717) is 16.1 Å². The number of hydrogen-bond acceptors (Lipinski definition) is 5. The summed E-state index contributed by atoms with van der Waals surface area (Å²) in [5.41, 5.74) is 5.43. The molecule has 7 nitrogen and oxygen atoms in total. The highest BCUT2D eigenvalue weighted by Crippen LogP contribution is 2.20. The molecule has 1 heterocycles.